The summed E-state index contributed by atoms with van der Waals surface area (Å²) in [5, 5.41) is 20.5. The SMILES string of the molecule is Cc1cccc(C)c1OCc1nnc(SCC(=O)Nc2ccc(C(=O)O)cc2)n1C. The van der Waals surface area contributed by atoms with Crippen LogP contribution in [0.15, 0.2) is 47.6 Å². The zero-order valence-electron chi connectivity index (χ0n) is 16.9. The molecule has 0 bridgehead atoms. The first-order valence-corrected chi connectivity index (χ1v) is 10.2. The van der Waals surface area contributed by atoms with Gasteiger partial charge in [-0.05, 0) is 49.2 Å². The summed E-state index contributed by atoms with van der Waals surface area (Å²) in [5.41, 5.74) is 2.81. The number of ether oxygens (including phenoxy) is 1. The number of thioether (sulfide) groups is 1. The Morgan fingerprint density at radius 2 is 1.77 bits per heavy atom. The fourth-order valence-electron chi connectivity index (χ4n) is 2.78. The molecule has 0 atom stereocenters. The van der Waals surface area contributed by atoms with Gasteiger partial charge in [-0.15, -0.1) is 10.2 Å². The summed E-state index contributed by atoms with van der Waals surface area (Å²) >= 11 is 1.26. The quantitative estimate of drug-likeness (QED) is 0.532. The number of aryl methyl sites for hydroxylation is 2. The van der Waals surface area contributed by atoms with Crippen LogP contribution in [0.4, 0.5) is 5.69 Å². The number of hydrogen-bond acceptors (Lipinski definition) is 6. The van der Waals surface area contributed by atoms with Crippen molar-refractivity contribution < 1.29 is 19.4 Å². The number of carbonyl (C=O) groups is 2. The maximum atomic E-state index is 12.2. The number of aromatic carboxylic acids is 1. The number of aromatic nitrogens is 3. The Bertz CT molecular complexity index is 1040. The molecule has 2 N–H and O–H groups in total. The Hall–Kier alpha value is -3.33. The minimum absolute atomic E-state index is 0.143. The van der Waals surface area contributed by atoms with E-state index in [0.29, 0.717) is 16.7 Å². The third-order valence-electron chi connectivity index (χ3n) is 4.43. The number of rotatable bonds is 8. The van der Waals surface area contributed by atoms with Crippen molar-refractivity contribution in [3.05, 3.63) is 65.0 Å². The van der Waals surface area contributed by atoms with Crippen molar-refractivity contribution in [2.24, 2.45) is 7.05 Å². The van der Waals surface area contributed by atoms with Gasteiger partial charge >= 0.3 is 5.97 Å². The molecule has 0 radical (unpaired) electrons. The Morgan fingerprint density at radius 1 is 1.10 bits per heavy atom. The highest BCUT2D eigenvalue weighted by Gasteiger charge is 2.13. The van der Waals surface area contributed by atoms with E-state index in [1.165, 1.54) is 23.9 Å². The highest BCUT2D eigenvalue weighted by atomic mass is 32.2. The summed E-state index contributed by atoms with van der Waals surface area (Å²) in [4.78, 5) is 23.1. The molecule has 1 amide bonds. The lowest BCUT2D eigenvalue weighted by molar-refractivity contribution is -0.113. The lowest BCUT2D eigenvalue weighted by Gasteiger charge is -2.11. The van der Waals surface area contributed by atoms with Crippen molar-refractivity contribution in [1.29, 1.82) is 0 Å². The number of carboxylic acid groups (broad SMARTS) is 1. The van der Waals surface area contributed by atoms with E-state index in [1.807, 2.05) is 39.1 Å². The van der Waals surface area contributed by atoms with Crippen molar-refractivity contribution in [2.45, 2.75) is 25.6 Å². The van der Waals surface area contributed by atoms with Crippen molar-refractivity contribution in [2.75, 3.05) is 11.1 Å². The lowest BCUT2D eigenvalue weighted by atomic mass is 10.1. The number of benzene rings is 2. The number of nitrogens with zero attached hydrogens (tertiary/aromatic N) is 3. The topological polar surface area (TPSA) is 106 Å². The van der Waals surface area contributed by atoms with E-state index in [9.17, 15) is 9.59 Å². The normalized spacial score (nSPS) is 10.6. The fraction of sp³-hybridized carbons (Fsp3) is 0.238. The van der Waals surface area contributed by atoms with Crippen LogP contribution in [0.5, 0.6) is 5.75 Å². The zero-order valence-corrected chi connectivity index (χ0v) is 17.7. The molecule has 1 heterocycles. The minimum Gasteiger partial charge on any atom is -0.485 e. The molecule has 0 saturated carbocycles. The van der Waals surface area contributed by atoms with E-state index in [1.54, 1.807) is 16.7 Å². The molecular weight excluding hydrogens is 404 g/mol. The van der Waals surface area contributed by atoms with Crippen LogP contribution in [-0.4, -0.2) is 37.5 Å². The first-order valence-electron chi connectivity index (χ1n) is 9.18. The lowest BCUT2D eigenvalue weighted by Crippen LogP contribution is -2.14. The number of carboxylic acids is 1. The number of hydrogen-bond donors (Lipinski definition) is 2. The van der Waals surface area contributed by atoms with E-state index in [-0.39, 0.29) is 23.8 Å². The van der Waals surface area contributed by atoms with Crippen LogP contribution in [0, 0.1) is 13.8 Å². The average molecular weight is 426 g/mol. The van der Waals surface area contributed by atoms with Crippen LogP contribution in [-0.2, 0) is 18.4 Å². The summed E-state index contributed by atoms with van der Waals surface area (Å²) in [5.74, 6) is 0.403. The van der Waals surface area contributed by atoms with Gasteiger partial charge in [-0.25, -0.2) is 4.79 Å². The molecule has 0 unspecified atom stereocenters. The zero-order chi connectivity index (χ0) is 21.7. The van der Waals surface area contributed by atoms with E-state index in [2.05, 4.69) is 15.5 Å². The number of para-hydroxylation sites is 1. The van der Waals surface area contributed by atoms with Gasteiger partial charge in [0.1, 0.15) is 12.4 Å². The second kappa shape index (κ2) is 9.45. The van der Waals surface area contributed by atoms with Crippen LogP contribution in [0.3, 0.4) is 0 Å². The monoisotopic (exact) mass is 426 g/mol. The molecule has 3 rings (SSSR count). The summed E-state index contributed by atoms with van der Waals surface area (Å²) in [7, 11) is 1.83. The summed E-state index contributed by atoms with van der Waals surface area (Å²) in [6.45, 7) is 4.26. The molecule has 0 aliphatic rings. The molecular formula is C21H22N4O4S. The number of anilines is 1. The van der Waals surface area contributed by atoms with Gasteiger partial charge in [0.2, 0.25) is 5.91 Å². The smallest absolute Gasteiger partial charge is 0.335 e. The van der Waals surface area contributed by atoms with Crippen molar-refractivity contribution >= 4 is 29.3 Å². The Morgan fingerprint density at radius 3 is 2.40 bits per heavy atom. The van der Waals surface area contributed by atoms with Crippen LogP contribution >= 0.6 is 11.8 Å². The summed E-state index contributed by atoms with van der Waals surface area (Å²) < 4.78 is 7.72. The van der Waals surface area contributed by atoms with Crippen LogP contribution in [0.2, 0.25) is 0 Å². The molecule has 0 aliphatic heterocycles. The number of carbonyl (C=O) groups excluding carboxylic acids is 1. The standard InChI is InChI=1S/C21H22N4O4S/c1-13-5-4-6-14(2)19(13)29-11-17-23-24-21(25(17)3)30-12-18(26)22-16-9-7-15(8-10-16)20(27)28/h4-10H,11-12H2,1-3H3,(H,22,26)(H,27,28). The molecule has 2 aromatic carbocycles. The maximum Gasteiger partial charge on any atom is 0.335 e. The van der Waals surface area contributed by atoms with Gasteiger partial charge in [0.25, 0.3) is 0 Å². The molecule has 8 nitrogen and oxygen atoms in total. The van der Waals surface area contributed by atoms with Crippen LogP contribution < -0.4 is 10.1 Å². The largest absolute Gasteiger partial charge is 0.485 e. The van der Waals surface area contributed by atoms with Crippen molar-refractivity contribution in [3.63, 3.8) is 0 Å². The maximum absolute atomic E-state index is 12.2. The van der Waals surface area contributed by atoms with Gasteiger partial charge in [0.05, 0.1) is 11.3 Å². The Labute approximate surface area is 178 Å². The third-order valence-corrected chi connectivity index (χ3v) is 5.45. The predicted octanol–water partition coefficient (Wildman–Crippen LogP) is 3.44. The average Bonchev–Trinajstić information content (AvgIpc) is 3.06. The molecule has 30 heavy (non-hydrogen) atoms. The molecule has 0 spiro atoms. The fourth-order valence-corrected chi connectivity index (χ4v) is 3.51. The first-order chi connectivity index (χ1) is 14.3. The first kappa shape index (κ1) is 21.4. The summed E-state index contributed by atoms with van der Waals surface area (Å²) in [6, 6.07) is 12.0. The highest BCUT2D eigenvalue weighted by Crippen LogP contribution is 2.24. The van der Waals surface area contributed by atoms with Gasteiger partial charge < -0.3 is 19.7 Å². The Balaban J connectivity index is 1.54. The van der Waals surface area contributed by atoms with E-state index >= 15 is 0 Å². The van der Waals surface area contributed by atoms with E-state index < -0.39 is 5.97 Å². The van der Waals surface area contributed by atoms with Gasteiger partial charge in [0.15, 0.2) is 11.0 Å². The van der Waals surface area contributed by atoms with Crippen molar-refractivity contribution in [3.8, 4) is 5.75 Å². The third kappa shape index (κ3) is 5.18. The molecule has 156 valence electrons. The number of amides is 1. The van der Waals surface area contributed by atoms with Crippen molar-refractivity contribution in [1.82, 2.24) is 14.8 Å². The highest BCUT2D eigenvalue weighted by molar-refractivity contribution is 7.99. The Kier molecular flexibility index (Phi) is 6.73. The number of nitrogens with one attached hydrogen (secondary N) is 1. The second-order valence-electron chi connectivity index (χ2n) is 6.69. The van der Waals surface area contributed by atoms with E-state index in [0.717, 1.165) is 16.9 Å². The van der Waals surface area contributed by atoms with Gasteiger partial charge in [-0.2, -0.15) is 0 Å². The van der Waals surface area contributed by atoms with Gasteiger partial charge in [0, 0.05) is 12.7 Å². The molecule has 9 heteroatoms. The molecule has 1 aromatic heterocycles. The van der Waals surface area contributed by atoms with Gasteiger partial charge in [-0.3, -0.25) is 4.79 Å². The van der Waals surface area contributed by atoms with Crippen LogP contribution in [0.1, 0.15) is 27.3 Å². The molecule has 0 fully saturated rings. The van der Waals surface area contributed by atoms with Gasteiger partial charge in [-0.1, -0.05) is 30.0 Å². The minimum atomic E-state index is -1.01. The van der Waals surface area contributed by atoms with Crippen LogP contribution in [0.25, 0.3) is 0 Å². The molecule has 0 aliphatic carbocycles. The summed E-state index contributed by atoms with van der Waals surface area (Å²) in [6.07, 6.45) is 0. The predicted molar refractivity (Wildman–Crippen MR) is 114 cm³/mol. The van der Waals surface area contributed by atoms with E-state index in [4.69, 9.17) is 9.84 Å². The molecule has 0 saturated heterocycles. The second-order valence-corrected chi connectivity index (χ2v) is 7.63. The molecule has 3 aromatic rings.